The summed E-state index contributed by atoms with van der Waals surface area (Å²) in [6, 6.07) is 11.3. The highest BCUT2D eigenvalue weighted by molar-refractivity contribution is 7.09. The summed E-state index contributed by atoms with van der Waals surface area (Å²) in [4.78, 5) is 25.2. The summed E-state index contributed by atoms with van der Waals surface area (Å²) in [6.45, 7) is 0.551. The average molecular weight is 301 g/mol. The van der Waals surface area contributed by atoms with Gasteiger partial charge in [-0.1, -0.05) is 24.3 Å². The molecule has 1 atom stereocenters. The number of ether oxygens (including phenoxy) is 1. The Bertz CT molecular complexity index is 651. The van der Waals surface area contributed by atoms with Gasteiger partial charge in [0.05, 0.1) is 5.56 Å². The number of carbonyl (C=O) groups is 2. The second-order valence-electron chi connectivity index (χ2n) is 4.88. The van der Waals surface area contributed by atoms with Gasteiger partial charge in [-0.3, -0.25) is 4.79 Å². The van der Waals surface area contributed by atoms with E-state index in [1.165, 1.54) is 4.88 Å². The number of thiophene rings is 1. The predicted molar refractivity (Wildman–Crippen MR) is 80.4 cm³/mol. The van der Waals surface area contributed by atoms with Crippen LogP contribution in [0.3, 0.4) is 0 Å². The van der Waals surface area contributed by atoms with Gasteiger partial charge < -0.3 is 10.1 Å². The van der Waals surface area contributed by atoms with E-state index in [1.54, 1.807) is 23.5 Å². The fourth-order valence-corrected chi connectivity index (χ4v) is 3.06. The van der Waals surface area contributed by atoms with Crippen molar-refractivity contribution in [2.24, 2.45) is 0 Å². The molecular weight excluding hydrogens is 286 g/mol. The SMILES string of the molecule is O=C1OC(C(=O)NCCc2cccs2)Cc2ccccc21. The lowest BCUT2D eigenvalue weighted by Crippen LogP contribution is -2.42. The second kappa shape index (κ2) is 6.10. The number of hydrogen-bond acceptors (Lipinski definition) is 4. The molecule has 0 aliphatic carbocycles. The number of carbonyl (C=O) groups excluding carboxylic acids is 2. The lowest BCUT2D eigenvalue weighted by molar-refractivity contribution is -0.130. The van der Waals surface area contributed by atoms with E-state index in [9.17, 15) is 9.59 Å². The van der Waals surface area contributed by atoms with Crippen LogP contribution in [0.1, 0.15) is 20.8 Å². The van der Waals surface area contributed by atoms with Crippen LogP contribution in [-0.2, 0) is 22.4 Å². The molecule has 2 heterocycles. The molecule has 1 aromatic carbocycles. The maximum Gasteiger partial charge on any atom is 0.339 e. The molecule has 1 aromatic heterocycles. The Morgan fingerprint density at radius 1 is 1.29 bits per heavy atom. The first kappa shape index (κ1) is 13.8. The molecule has 0 fully saturated rings. The molecule has 0 spiro atoms. The molecule has 1 unspecified atom stereocenters. The lowest BCUT2D eigenvalue weighted by Gasteiger charge is -2.23. The highest BCUT2D eigenvalue weighted by atomic mass is 32.1. The molecule has 0 radical (unpaired) electrons. The van der Waals surface area contributed by atoms with E-state index in [-0.39, 0.29) is 5.91 Å². The van der Waals surface area contributed by atoms with Crippen LogP contribution in [0.2, 0.25) is 0 Å². The molecule has 2 aromatic rings. The molecule has 21 heavy (non-hydrogen) atoms. The number of rotatable bonds is 4. The van der Waals surface area contributed by atoms with Gasteiger partial charge in [0.15, 0.2) is 6.10 Å². The number of fused-ring (bicyclic) bond motifs is 1. The van der Waals surface area contributed by atoms with Gasteiger partial charge in [0.1, 0.15) is 0 Å². The molecule has 0 bridgehead atoms. The average Bonchev–Trinajstić information content (AvgIpc) is 3.00. The first-order valence-corrected chi connectivity index (χ1v) is 7.71. The Balaban J connectivity index is 1.58. The van der Waals surface area contributed by atoms with Gasteiger partial charge in [-0.2, -0.15) is 0 Å². The van der Waals surface area contributed by atoms with Crippen LogP contribution in [0, 0.1) is 0 Å². The Morgan fingerprint density at radius 3 is 2.95 bits per heavy atom. The van der Waals surface area contributed by atoms with E-state index < -0.39 is 12.1 Å². The smallest absolute Gasteiger partial charge is 0.339 e. The molecule has 0 saturated carbocycles. The Kier molecular flexibility index (Phi) is 4.01. The summed E-state index contributed by atoms with van der Waals surface area (Å²) in [5.41, 5.74) is 1.42. The minimum Gasteiger partial charge on any atom is -0.448 e. The third kappa shape index (κ3) is 3.13. The van der Waals surface area contributed by atoms with Gasteiger partial charge in [0, 0.05) is 17.8 Å². The monoisotopic (exact) mass is 301 g/mol. The Morgan fingerprint density at radius 2 is 2.14 bits per heavy atom. The van der Waals surface area contributed by atoms with Crippen molar-refractivity contribution in [1.29, 1.82) is 0 Å². The predicted octanol–water partition coefficient (Wildman–Crippen LogP) is 2.19. The summed E-state index contributed by atoms with van der Waals surface area (Å²) in [5.74, 6) is -0.648. The van der Waals surface area contributed by atoms with Crippen LogP contribution in [0.25, 0.3) is 0 Å². The van der Waals surface area contributed by atoms with Crippen molar-refractivity contribution in [3.63, 3.8) is 0 Å². The van der Waals surface area contributed by atoms with E-state index in [1.807, 2.05) is 29.6 Å². The van der Waals surface area contributed by atoms with Gasteiger partial charge in [-0.15, -0.1) is 11.3 Å². The molecule has 1 amide bonds. The summed E-state index contributed by atoms with van der Waals surface area (Å²) >= 11 is 1.66. The number of benzene rings is 1. The van der Waals surface area contributed by atoms with Crippen LogP contribution in [-0.4, -0.2) is 24.5 Å². The van der Waals surface area contributed by atoms with E-state index in [2.05, 4.69) is 5.32 Å². The maximum atomic E-state index is 12.1. The fourth-order valence-electron chi connectivity index (χ4n) is 2.36. The minimum absolute atomic E-state index is 0.227. The molecule has 0 saturated heterocycles. The van der Waals surface area contributed by atoms with Gasteiger partial charge in [-0.05, 0) is 29.5 Å². The summed E-state index contributed by atoms with van der Waals surface area (Å²) in [5, 5.41) is 4.84. The number of cyclic esters (lactones) is 1. The normalized spacial score (nSPS) is 17.0. The summed E-state index contributed by atoms with van der Waals surface area (Å²) < 4.78 is 5.21. The molecule has 108 valence electrons. The van der Waals surface area contributed by atoms with Crippen LogP contribution >= 0.6 is 11.3 Å². The van der Waals surface area contributed by atoms with Gasteiger partial charge >= 0.3 is 5.97 Å². The summed E-state index contributed by atoms with van der Waals surface area (Å²) in [7, 11) is 0. The highest BCUT2D eigenvalue weighted by Crippen LogP contribution is 2.20. The van der Waals surface area contributed by atoms with E-state index in [4.69, 9.17) is 4.74 Å². The summed E-state index contributed by atoms with van der Waals surface area (Å²) in [6.07, 6.45) is 0.503. The molecule has 1 aliphatic rings. The molecule has 1 N–H and O–H groups in total. The molecular formula is C16H15NO3S. The largest absolute Gasteiger partial charge is 0.448 e. The topological polar surface area (TPSA) is 55.4 Å². The maximum absolute atomic E-state index is 12.1. The van der Waals surface area contributed by atoms with Crippen LogP contribution in [0.15, 0.2) is 41.8 Å². The van der Waals surface area contributed by atoms with Crippen LogP contribution < -0.4 is 5.32 Å². The molecule has 5 heteroatoms. The number of esters is 1. The number of hydrogen-bond donors (Lipinski definition) is 1. The van der Waals surface area contributed by atoms with Crippen LogP contribution in [0.5, 0.6) is 0 Å². The second-order valence-corrected chi connectivity index (χ2v) is 5.91. The highest BCUT2D eigenvalue weighted by Gasteiger charge is 2.30. The van der Waals surface area contributed by atoms with Crippen molar-refractivity contribution in [2.45, 2.75) is 18.9 Å². The van der Waals surface area contributed by atoms with Crippen LogP contribution in [0.4, 0.5) is 0 Å². The zero-order chi connectivity index (χ0) is 14.7. The zero-order valence-corrected chi connectivity index (χ0v) is 12.2. The number of nitrogens with one attached hydrogen (secondary N) is 1. The van der Waals surface area contributed by atoms with E-state index >= 15 is 0 Å². The molecule has 4 nitrogen and oxygen atoms in total. The molecule has 3 rings (SSSR count). The Hall–Kier alpha value is -2.14. The first-order valence-electron chi connectivity index (χ1n) is 6.83. The molecule has 1 aliphatic heterocycles. The van der Waals surface area contributed by atoms with E-state index in [0.29, 0.717) is 18.5 Å². The number of amides is 1. The lowest BCUT2D eigenvalue weighted by atomic mass is 9.98. The fraction of sp³-hybridized carbons (Fsp3) is 0.250. The van der Waals surface area contributed by atoms with Gasteiger partial charge in [0.25, 0.3) is 5.91 Å². The minimum atomic E-state index is -0.726. The van der Waals surface area contributed by atoms with Crippen molar-refractivity contribution in [3.05, 3.63) is 57.8 Å². The van der Waals surface area contributed by atoms with Crippen molar-refractivity contribution >= 4 is 23.2 Å². The first-order chi connectivity index (χ1) is 10.2. The van der Waals surface area contributed by atoms with Gasteiger partial charge in [-0.25, -0.2) is 4.79 Å². The van der Waals surface area contributed by atoms with E-state index in [0.717, 1.165) is 12.0 Å². The zero-order valence-electron chi connectivity index (χ0n) is 11.4. The standard InChI is InChI=1S/C16H15NO3S/c18-15(17-8-7-12-5-3-9-21-12)14-10-11-4-1-2-6-13(11)16(19)20-14/h1-6,9,14H,7-8,10H2,(H,17,18). The van der Waals surface area contributed by atoms with Crippen molar-refractivity contribution in [3.8, 4) is 0 Å². The van der Waals surface area contributed by atoms with Crippen molar-refractivity contribution in [1.82, 2.24) is 5.32 Å². The third-order valence-electron chi connectivity index (χ3n) is 3.44. The van der Waals surface area contributed by atoms with Crippen molar-refractivity contribution < 1.29 is 14.3 Å². The van der Waals surface area contributed by atoms with Crippen molar-refractivity contribution in [2.75, 3.05) is 6.54 Å². The quantitative estimate of drug-likeness (QED) is 0.881. The van der Waals surface area contributed by atoms with Gasteiger partial charge in [0.2, 0.25) is 0 Å². The third-order valence-corrected chi connectivity index (χ3v) is 4.37. The Labute approximate surface area is 126 Å².